The number of rotatable bonds is 9. The Labute approximate surface area is 169 Å². The number of hydrogen-bond acceptors (Lipinski definition) is 7. The lowest BCUT2D eigenvalue weighted by Gasteiger charge is -2.19. The van der Waals surface area contributed by atoms with Crippen molar-refractivity contribution in [2.75, 3.05) is 11.9 Å². The molecule has 10 heteroatoms. The van der Waals surface area contributed by atoms with Gasteiger partial charge in [0.05, 0.1) is 0 Å². The van der Waals surface area contributed by atoms with Crippen LogP contribution in [0.3, 0.4) is 0 Å². The molecule has 0 fully saturated rings. The predicted octanol–water partition coefficient (Wildman–Crippen LogP) is 2.08. The molecule has 0 saturated heterocycles. The first-order chi connectivity index (χ1) is 13.7. The molecule has 0 aliphatic heterocycles. The number of sulfonamides is 1. The third kappa shape index (κ3) is 7.51. The zero-order valence-corrected chi connectivity index (χ0v) is 17.1. The second-order valence-electron chi connectivity index (χ2n) is 6.58. The molecule has 2 rings (SSSR count). The second kappa shape index (κ2) is 9.99. The van der Waals surface area contributed by atoms with Gasteiger partial charge in [0.1, 0.15) is 11.8 Å². The zero-order valence-electron chi connectivity index (χ0n) is 16.3. The molecule has 0 aliphatic rings. The highest BCUT2D eigenvalue weighted by Gasteiger charge is 2.28. The van der Waals surface area contributed by atoms with Gasteiger partial charge in [-0.1, -0.05) is 49.3 Å². The largest absolute Gasteiger partial charge is 0.454 e. The molecule has 1 heterocycles. The Morgan fingerprint density at radius 2 is 1.93 bits per heavy atom. The fourth-order valence-corrected chi connectivity index (χ4v) is 3.37. The molecule has 156 valence electrons. The van der Waals surface area contributed by atoms with Gasteiger partial charge in [-0.15, -0.1) is 0 Å². The lowest BCUT2D eigenvalue weighted by atomic mass is 10.1. The first kappa shape index (κ1) is 22.3. The number of nitrogens with zero attached hydrogens (tertiary/aromatic N) is 1. The molecular weight excluding hydrogens is 398 g/mol. The summed E-state index contributed by atoms with van der Waals surface area (Å²) in [5, 5.41) is 6.97. The number of ether oxygens (including phenoxy) is 1. The van der Waals surface area contributed by atoms with Crippen LogP contribution >= 0.6 is 0 Å². The number of nitrogens with one attached hydrogen (secondary N) is 2. The first-order valence-corrected chi connectivity index (χ1v) is 10.4. The van der Waals surface area contributed by atoms with Crippen LogP contribution in [0.5, 0.6) is 0 Å². The van der Waals surface area contributed by atoms with Crippen molar-refractivity contribution in [2.45, 2.75) is 26.8 Å². The zero-order chi connectivity index (χ0) is 21.4. The summed E-state index contributed by atoms with van der Waals surface area (Å²) in [5.41, 5.74) is 0.696. The van der Waals surface area contributed by atoms with Crippen LogP contribution in [-0.4, -0.2) is 38.1 Å². The van der Waals surface area contributed by atoms with Gasteiger partial charge in [0.25, 0.3) is 5.91 Å². The minimum atomic E-state index is -3.91. The average Bonchev–Trinajstić information content (AvgIpc) is 3.08. The number of aryl methyl sites for hydroxylation is 1. The van der Waals surface area contributed by atoms with Crippen molar-refractivity contribution >= 4 is 33.8 Å². The molecule has 0 radical (unpaired) electrons. The fraction of sp³-hybridized carbons (Fsp3) is 0.316. The van der Waals surface area contributed by atoms with Gasteiger partial charge in [-0.05, 0) is 24.5 Å². The van der Waals surface area contributed by atoms with Crippen LogP contribution in [0, 0.1) is 12.8 Å². The van der Waals surface area contributed by atoms with Crippen LogP contribution in [0.4, 0.5) is 5.82 Å². The summed E-state index contributed by atoms with van der Waals surface area (Å²) >= 11 is 0. The molecule has 2 N–H and O–H groups in total. The maximum atomic E-state index is 12.3. The normalized spacial score (nSPS) is 12.8. The van der Waals surface area contributed by atoms with Crippen molar-refractivity contribution in [3.05, 3.63) is 53.1 Å². The summed E-state index contributed by atoms with van der Waals surface area (Å²) in [6.45, 7) is 4.39. The van der Waals surface area contributed by atoms with E-state index in [0.717, 1.165) is 5.41 Å². The van der Waals surface area contributed by atoms with E-state index >= 15 is 0 Å². The van der Waals surface area contributed by atoms with E-state index in [1.165, 1.54) is 12.1 Å². The lowest BCUT2D eigenvalue weighted by molar-refractivity contribution is -0.150. The van der Waals surface area contributed by atoms with Crippen molar-refractivity contribution in [3.8, 4) is 0 Å². The molecule has 1 aromatic heterocycles. The highest BCUT2D eigenvalue weighted by atomic mass is 32.2. The highest BCUT2D eigenvalue weighted by Crippen LogP contribution is 2.10. The Hall–Kier alpha value is -2.98. The van der Waals surface area contributed by atoms with Crippen molar-refractivity contribution in [3.63, 3.8) is 0 Å². The monoisotopic (exact) mass is 421 g/mol. The Morgan fingerprint density at radius 3 is 2.52 bits per heavy atom. The van der Waals surface area contributed by atoms with E-state index in [2.05, 4.69) is 15.2 Å². The Kier molecular flexibility index (Phi) is 7.68. The smallest absolute Gasteiger partial charge is 0.324 e. The van der Waals surface area contributed by atoms with Gasteiger partial charge in [-0.25, -0.2) is 8.42 Å². The van der Waals surface area contributed by atoms with Gasteiger partial charge >= 0.3 is 5.97 Å². The van der Waals surface area contributed by atoms with E-state index in [1.54, 1.807) is 45.0 Å². The quantitative estimate of drug-likeness (QED) is 0.593. The molecule has 0 aliphatic carbocycles. The minimum Gasteiger partial charge on any atom is -0.454 e. The van der Waals surface area contributed by atoms with Gasteiger partial charge in [-0.2, -0.15) is 4.72 Å². The standard InChI is InChI=1S/C19H23N3O6S/c1-13(2)18(22-29(25,26)10-9-15-7-5-4-6-8-15)19(24)27-12-17(23)20-16-11-14(3)28-21-16/h4-11,13,18,22H,12H2,1-3H3,(H,20,21,23)/b10-9+/t18-/m0/s1. The van der Waals surface area contributed by atoms with Crippen molar-refractivity contribution in [2.24, 2.45) is 5.92 Å². The number of carbonyl (C=O) groups excluding carboxylic acids is 2. The summed E-state index contributed by atoms with van der Waals surface area (Å²) in [5.74, 6) is -1.18. The van der Waals surface area contributed by atoms with Crippen molar-refractivity contribution < 1.29 is 27.3 Å². The van der Waals surface area contributed by atoms with Gasteiger partial charge in [0.2, 0.25) is 10.0 Å². The molecule has 0 saturated carbocycles. The maximum Gasteiger partial charge on any atom is 0.324 e. The lowest BCUT2D eigenvalue weighted by Crippen LogP contribution is -2.45. The van der Waals surface area contributed by atoms with Gasteiger partial charge < -0.3 is 14.6 Å². The Bertz CT molecular complexity index is 967. The van der Waals surface area contributed by atoms with Crippen LogP contribution in [0.1, 0.15) is 25.2 Å². The number of hydrogen-bond donors (Lipinski definition) is 2. The number of carbonyl (C=O) groups is 2. The van der Waals surface area contributed by atoms with Crippen LogP contribution in [-0.2, 0) is 24.3 Å². The van der Waals surface area contributed by atoms with E-state index in [-0.39, 0.29) is 5.82 Å². The van der Waals surface area contributed by atoms with Crippen LogP contribution in [0.15, 0.2) is 46.3 Å². The van der Waals surface area contributed by atoms with Crippen molar-refractivity contribution in [1.29, 1.82) is 0 Å². The SMILES string of the molecule is Cc1cc(NC(=O)COC(=O)[C@@H](NS(=O)(=O)/C=C/c2ccccc2)C(C)C)no1. The van der Waals surface area contributed by atoms with Crippen molar-refractivity contribution in [1.82, 2.24) is 9.88 Å². The summed E-state index contributed by atoms with van der Waals surface area (Å²) in [6.07, 6.45) is 1.42. The van der Waals surface area contributed by atoms with Crippen LogP contribution < -0.4 is 10.0 Å². The molecule has 0 bridgehead atoms. The molecule has 0 spiro atoms. The second-order valence-corrected chi connectivity index (χ2v) is 8.17. The van der Waals surface area contributed by atoms with Crippen LogP contribution in [0.2, 0.25) is 0 Å². The number of esters is 1. The Balaban J connectivity index is 1.94. The fourth-order valence-electron chi connectivity index (χ4n) is 2.24. The third-order valence-electron chi connectivity index (χ3n) is 3.69. The number of amides is 1. The van der Waals surface area contributed by atoms with E-state index in [4.69, 9.17) is 9.26 Å². The van der Waals surface area contributed by atoms with E-state index < -0.39 is 40.5 Å². The average molecular weight is 421 g/mol. The first-order valence-electron chi connectivity index (χ1n) is 8.81. The number of benzene rings is 1. The molecule has 1 aromatic carbocycles. The molecular formula is C19H23N3O6S. The Morgan fingerprint density at radius 1 is 1.24 bits per heavy atom. The minimum absolute atomic E-state index is 0.190. The van der Waals surface area contributed by atoms with E-state index in [0.29, 0.717) is 11.3 Å². The summed E-state index contributed by atoms with van der Waals surface area (Å²) in [6, 6.07) is 9.21. The number of aromatic nitrogens is 1. The molecule has 0 unspecified atom stereocenters. The molecule has 2 aromatic rings. The summed E-state index contributed by atoms with van der Waals surface area (Å²) < 4.78 is 36.7. The third-order valence-corrected chi connectivity index (χ3v) is 4.77. The van der Waals surface area contributed by atoms with E-state index in [9.17, 15) is 18.0 Å². The molecule has 9 nitrogen and oxygen atoms in total. The van der Waals surface area contributed by atoms with Gasteiger partial charge in [0, 0.05) is 11.5 Å². The van der Waals surface area contributed by atoms with Crippen LogP contribution in [0.25, 0.3) is 6.08 Å². The number of anilines is 1. The van der Waals surface area contributed by atoms with E-state index in [1.807, 2.05) is 6.07 Å². The molecule has 29 heavy (non-hydrogen) atoms. The highest BCUT2D eigenvalue weighted by molar-refractivity contribution is 7.92. The van der Waals surface area contributed by atoms with Gasteiger partial charge in [0.15, 0.2) is 12.4 Å². The predicted molar refractivity (Wildman–Crippen MR) is 107 cm³/mol. The molecule has 1 amide bonds. The summed E-state index contributed by atoms with van der Waals surface area (Å²) in [4.78, 5) is 24.2. The topological polar surface area (TPSA) is 128 Å². The maximum absolute atomic E-state index is 12.3. The van der Waals surface area contributed by atoms with Gasteiger partial charge in [-0.3, -0.25) is 9.59 Å². The molecule has 1 atom stereocenters. The summed E-state index contributed by atoms with van der Waals surface area (Å²) in [7, 11) is -3.91.